The largest absolute Gasteiger partial charge is 0.326 e. The fourth-order valence-corrected chi connectivity index (χ4v) is 3.27. The van der Waals surface area contributed by atoms with E-state index in [4.69, 9.17) is 0 Å². The van der Waals surface area contributed by atoms with Crippen molar-refractivity contribution in [2.75, 3.05) is 17.6 Å². The number of hydrogen-bond acceptors (Lipinski definition) is 4. The van der Waals surface area contributed by atoms with E-state index in [2.05, 4.69) is 33.0 Å². The van der Waals surface area contributed by atoms with E-state index < -0.39 is 0 Å². The molecule has 1 heterocycles. The maximum atomic E-state index is 11.4. The van der Waals surface area contributed by atoms with E-state index in [0.29, 0.717) is 6.42 Å². The number of rotatable bonds is 6. The summed E-state index contributed by atoms with van der Waals surface area (Å²) in [4.78, 5) is 16.0. The van der Waals surface area contributed by atoms with Crippen LogP contribution in [0.2, 0.25) is 0 Å². The number of thioether (sulfide) groups is 1. The summed E-state index contributed by atoms with van der Waals surface area (Å²) < 4.78 is 0. The van der Waals surface area contributed by atoms with E-state index >= 15 is 0 Å². The predicted molar refractivity (Wildman–Crippen MR) is 117 cm³/mol. The molecule has 5 nitrogen and oxygen atoms in total. The molecule has 7 heteroatoms. The lowest BCUT2D eigenvalue weighted by Crippen LogP contribution is -2.25. The van der Waals surface area contributed by atoms with Gasteiger partial charge in [0.2, 0.25) is 5.91 Å². The van der Waals surface area contributed by atoms with Crippen molar-refractivity contribution in [3.8, 4) is 0 Å². The molecular formula is C20H23ClN4OS. The van der Waals surface area contributed by atoms with Gasteiger partial charge in [0.05, 0.1) is 5.71 Å². The van der Waals surface area contributed by atoms with Crippen LogP contribution in [0, 0.1) is 0 Å². The Balaban J connectivity index is 0.00000261. The smallest absolute Gasteiger partial charge is 0.224 e. The van der Waals surface area contributed by atoms with Crippen molar-refractivity contribution in [2.24, 2.45) is 10.1 Å². The van der Waals surface area contributed by atoms with Crippen LogP contribution in [0.15, 0.2) is 64.7 Å². The summed E-state index contributed by atoms with van der Waals surface area (Å²) in [6, 6.07) is 18.1. The van der Waals surface area contributed by atoms with Crippen LogP contribution in [0.4, 0.5) is 5.69 Å². The number of nitrogens with zero attached hydrogens (tertiary/aromatic N) is 2. The Labute approximate surface area is 170 Å². The number of hydrazone groups is 1. The molecule has 1 aliphatic rings. The average Bonchev–Trinajstić information content (AvgIpc) is 2.70. The molecule has 2 aromatic carbocycles. The number of carbonyl (C=O) groups is 1. The number of benzene rings is 2. The van der Waals surface area contributed by atoms with Gasteiger partial charge < -0.3 is 5.32 Å². The Morgan fingerprint density at radius 3 is 2.56 bits per heavy atom. The molecule has 2 N–H and O–H groups in total. The topological polar surface area (TPSA) is 65.8 Å². The second-order valence-electron chi connectivity index (χ2n) is 5.86. The van der Waals surface area contributed by atoms with E-state index in [9.17, 15) is 4.79 Å². The molecule has 0 atom stereocenters. The lowest BCUT2D eigenvalue weighted by molar-refractivity contribution is -0.115. The number of amidine groups is 1. The van der Waals surface area contributed by atoms with Crippen LogP contribution in [0.1, 0.15) is 24.5 Å². The average molecular weight is 403 g/mol. The summed E-state index contributed by atoms with van der Waals surface area (Å²) in [6.45, 7) is 2.58. The van der Waals surface area contributed by atoms with Crippen molar-refractivity contribution in [1.82, 2.24) is 5.43 Å². The molecule has 0 bridgehead atoms. The zero-order valence-corrected chi connectivity index (χ0v) is 16.8. The molecule has 0 spiro atoms. The van der Waals surface area contributed by atoms with Crippen molar-refractivity contribution < 1.29 is 4.79 Å². The number of nitrogens with one attached hydrogen (secondary N) is 2. The minimum Gasteiger partial charge on any atom is -0.326 e. The van der Waals surface area contributed by atoms with Gasteiger partial charge in [-0.05, 0) is 29.7 Å². The van der Waals surface area contributed by atoms with Crippen LogP contribution < -0.4 is 10.7 Å². The number of aliphatic imine (C=N–C) groups is 1. The highest BCUT2D eigenvalue weighted by Gasteiger charge is 2.13. The predicted octanol–water partition coefficient (Wildman–Crippen LogP) is 4.10. The summed E-state index contributed by atoms with van der Waals surface area (Å²) in [5.74, 6) is 0.791. The number of carbonyl (C=O) groups excluding carboxylic acids is 1. The third kappa shape index (κ3) is 6.41. The van der Waals surface area contributed by atoms with Crippen LogP contribution in [-0.4, -0.2) is 29.1 Å². The number of anilines is 1. The Morgan fingerprint density at radius 1 is 1.19 bits per heavy atom. The van der Waals surface area contributed by atoms with Gasteiger partial charge in [0.15, 0.2) is 5.17 Å². The lowest BCUT2D eigenvalue weighted by atomic mass is 10.1. The zero-order chi connectivity index (χ0) is 18.2. The highest BCUT2D eigenvalue weighted by molar-refractivity contribution is 8.14. The SMILES string of the molecule is CCC(=O)Nc1ccc(C2=NNC(=NCCc3ccccc3)SC2)cc1.Cl. The quantitative estimate of drug-likeness (QED) is 0.764. The van der Waals surface area contributed by atoms with Gasteiger partial charge in [0, 0.05) is 24.4 Å². The Bertz CT molecular complexity index is 806. The summed E-state index contributed by atoms with van der Waals surface area (Å²) >= 11 is 1.66. The molecule has 27 heavy (non-hydrogen) atoms. The number of halogens is 1. The molecule has 3 rings (SSSR count). The zero-order valence-electron chi connectivity index (χ0n) is 15.1. The molecule has 1 aliphatic heterocycles. The number of hydrogen-bond donors (Lipinski definition) is 2. The first-order valence-electron chi connectivity index (χ1n) is 8.68. The molecule has 2 aromatic rings. The lowest BCUT2D eigenvalue weighted by Gasteiger charge is -2.15. The standard InChI is InChI=1S/C20H22N4OS.ClH/c1-2-19(25)22-17-10-8-16(9-11-17)18-14-26-20(24-23-18)21-13-12-15-6-4-3-5-7-15;/h3-11H,2,12-14H2,1H3,(H,21,24)(H,22,25);1H. The molecule has 0 aliphatic carbocycles. The summed E-state index contributed by atoms with van der Waals surface area (Å²) in [5.41, 5.74) is 7.16. The molecule has 0 aromatic heterocycles. The van der Waals surface area contributed by atoms with Gasteiger partial charge in [-0.25, -0.2) is 0 Å². The highest BCUT2D eigenvalue weighted by Crippen LogP contribution is 2.16. The van der Waals surface area contributed by atoms with E-state index in [1.807, 2.05) is 49.4 Å². The van der Waals surface area contributed by atoms with Crippen molar-refractivity contribution in [3.05, 3.63) is 65.7 Å². The first-order valence-corrected chi connectivity index (χ1v) is 9.67. The maximum absolute atomic E-state index is 11.4. The highest BCUT2D eigenvalue weighted by atomic mass is 35.5. The second kappa shape index (κ2) is 10.7. The summed E-state index contributed by atoms with van der Waals surface area (Å²) in [6.07, 6.45) is 1.40. The summed E-state index contributed by atoms with van der Waals surface area (Å²) in [7, 11) is 0. The van der Waals surface area contributed by atoms with Gasteiger partial charge in [-0.2, -0.15) is 5.10 Å². The normalized spacial score (nSPS) is 14.7. The van der Waals surface area contributed by atoms with Gasteiger partial charge in [0.1, 0.15) is 0 Å². The monoisotopic (exact) mass is 402 g/mol. The molecule has 0 fully saturated rings. The fourth-order valence-electron chi connectivity index (χ4n) is 2.47. The number of amides is 1. The van der Waals surface area contributed by atoms with Gasteiger partial charge >= 0.3 is 0 Å². The molecule has 0 radical (unpaired) electrons. The fraction of sp³-hybridized carbons (Fsp3) is 0.250. The maximum Gasteiger partial charge on any atom is 0.224 e. The van der Waals surface area contributed by atoms with Gasteiger partial charge in [-0.1, -0.05) is 61.2 Å². The third-order valence-electron chi connectivity index (χ3n) is 3.95. The molecule has 0 saturated heterocycles. The van der Waals surface area contributed by atoms with Crippen LogP contribution in [0.3, 0.4) is 0 Å². The minimum atomic E-state index is 0. The van der Waals surface area contributed by atoms with Gasteiger partial charge in [-0.15, -0.1) is 12.4 Å². The third-order valence-corrected chi connectivity index (χ3v) is 4.87. The molecular weight excluding hydrogens is 380 g/mol. The minimum absolute atomic E-state index is 0. The molecule has 142 valence electrons. The van der Waals surface area contributed by atoms with Crippen LogP contribution >= 0.6 is 24.2 Å². The van der Waals surface area contributed by atoms with E-state index in [1.54, 1.807) is 11.8 Å². The van der Waals surface area contributed by atoms with Crippen molar-refractivity contribution in [2.45, 2.75) is 19.8 Å². The van der Waals surface area contributed by atoms with Crippen molar-refractivity contribution >= 4 is 46.6 Å². The van der Waals surface area contributed by atoms with Gasteiger partial charge in [-0.3, -0.25) is 15.2 Å². The van der Waals surface area contributed by atoms with Crippen molar-refractivity contribution in [3.63, 3.8) is 0 Å². The van der Waals surface area contributed by atoms with Gasteiger partial charge in [0.25, 0.3) is 0 Å². The van der Waals surface area contributed by atoms with E-state index in [0.717, 1.165) is 40.8 Å². The first-order chi connectivity index (χ1) is 12.7. The van der Waals surface area contributed by atoms with E-state index in [-0.39, 0.29) is 18.3 Å². The van der Waals surface area contributed by atoms with Crippen LogP contribution in [0.5, 0.6) is 0 Å². The van der Waals surface area contributed by atoms with Crippen LogP contribution in [-0.2, 0) is 11.2 Å². The Hall–Kier alpha value is -2.31. The molecule has 0 unspecified atom stereocenters. The Morgan fingerprint density at radius 2 is 1.93 bits per heavy atom. The molecule has 0 saturated carbocycles. The molecule has 1 amide bonds. The van der Waals surface area contributed by atoms with E-state index in [1.165, 1.54) is 5.56 Å². The summed E-state index contributed by atoms with van der Waals surface area (Å²) in [5, 5.41) is 8.15. The Kier molecular flexibility index (Phi) is 8.36. The second-order valence-corrected chi connectivity index (χ2v) is 6.82. The van der Waals surface area contributed by atoms with Crippen molar-refractivity contribution in [1.29, 1.82) is 0 Å². The first kappa shape index (κ1) is 21.0. The van der Waals surface area contributed by atoms with Crippen LogP contribution in [0.25, 0.3) is 0 Å².